The highest BCUT2D eigenvalue weighted by atomic mass is 79.9. The van der Waals surface area contributed by atoms with Crippen LogP contribution in [-0.4, -0.2) is 45.8 Å². The van der Waals surface area contributed by atoms with Crippen LogP contribution in [-0.2, 0) is 0 Å². The standard InChI is InChI=1S/C21H20Br2F3N3O3/c1-13(30)17(23)9-7-15(10-11-22)18-27-19(32-28-18)20(31)29(2)12-14-4-3-5-16(8-6-14)21(24,25)26/h3-11,14-15,30H,12H2,1-2H3/b9-7?,11-10+,17-13-. The van der Waals surface area contributed by atoms with Gasteiger partial charge in [-0.2, -0.15) is 18.2 Å². The quantitative estimate of drug-likeness (QED) is 0.312. The molecule has 11 heteroatoms. The molecular formula is C21H20Br2F3N3O3. The van der Waals surface area contributed by atoms with Crippen molar-refractivity contribution in [3.63, 3.8) is 0 Å². The number of nitrogens with zero attached hydrogens (tertiary/aromatic N) is 3. The molecular weight excluding hydrogens is 559 g/mol. The van der Waals surface area contributed by atoms with Crippen molar-refractivity contribution in [1.29, 1.82) is 0 Å². The average Bonchev–Trinajstić information content (AvgIpc) is 3.08. The predicted molar refractivity (Wildman–Crippen MR) is 121 cm³/mol. The van der Waals surface area contributed by atoms with Gasteiger partial charge in [0.2, 0.25) is 0 Å². The Bertz CT molecular complexity index is 1000. The molecule has 1 aliphatic carbocycles. The van der Waals surface area contributed by atoms with E-state index in [9.17, 15) is 23.1 Å². The van der Waals surface area contributed by atoms with E-state index in [-0.39, 0.29) is 24.0 Å². The second-order valence-corrected chi connectivity index (χ2v) is 8.19. The molecule has 172 valence electrons. The highest BCUT2D eigenvalue weighted by Crippen LogP contribution is 2.28. The van der Waals surface area contributed by atoms with Crippen molar-refractivity contribution < 1.29 is 27.6 Å². The number of rotatable bonds is 7. The molecule has 32 heavy (non-hydrogen) atoms. The molecule has 0 bridgehead atoms. The maximum atomic E-state index is 12.8. The molecule has 6 nitrogen and oxygen atoms in total. The van der Waals surface area contributed by atoms with E-state index < -0.39 is 29.5 Å². The summed E-state index contributed by atoms with van der Waals surface area (Å²) in [5, 5.41) is 13.3. The second kappa shape index (κ2) is 11.5. The fourth-order valence-corrected chi connectivity index (χ4v) is 3.08. The van der Waals surface area contributed by atoms with Crippen molar-refractivity contribution in [3.05, 3.63) is 81.1 Å². The zero-order chi connectivity index (χ0) is 23.9. The summed E-state index contributed by atoms with van der Waals surface area (Å²) in [5.41, 5.74) is -0.761. The second-order valence-electron chi connectivity index (χ2n) is 6.81. The Balaban J connectivity index is 2.10. The molecule has 0 saturated carbocycles. The lowest BCUT2D eigenvalue weighted by molar-refractivity contribution is -0.0881. The molecule has 0 radical (unpaired) electrons. The first kappa shape index (κ1) is 25.9. The average molecular weight is 579 g/mol. The molecule has 1 N–H and O–H groups in total. The van der Waals surface area contributed by atoms with E-state index in [0.29, 0.717) is 4.48 Å². The Hall–Kier alpha value is -2.40. The summed E-state index contributed by atoms with van der Waals surface area (Å²) in [4.78, 5) is 19.7. The van der Waals surface area contributed by atoms with Crippen molar-refractivity contribution >= 4 is 37.8 Å². The van der Waals surface area contributed by atoms with Crippen molar-refractivity contribution in [3.8, 4) is 0 Å². The van der Waals surface area contributed by atoms with Gasteiger partial charge in [0.1, 0.15) is 5.76 Å². The van der Waals surface area contributed by atoms with Gasteiger partial charge in [-0.1, -0.05) is 63.6 Å². The minimum Gasteiger partial charge on any atom is -0.511 e. The molecule has 0 spiro atoms. The normalized spacial score (nSPS) is 18.6. The molecule has 0 aromatic carbocycles. The van der Waals surface area contributed by atoms with E-state index in [0.717, 1.165) is 12.2 Å². The van der Waals surface area contributed by atoms with Gasteiger partial charge in [-0.3, -0.25) is 4.79 Å². The summed E-state index contributed by atoms with van der Waals surface area (Å²) in [5.74, 6) is -1.36. The lowest BCUT2D eigenvalue weighted by Gasteiger charge is -2.18. The number of amides is 1. The van der Waals surface area contributed by atoms with Gasteiger partial charge in [0, 0.05) is 19.5 Å². The number of aliphatic hydroxyl groups excluding tert-OH is 1. The van der Waals surface area contributed by atoms with Crippen LogP contribution < -0.4 is 0 Å². The number of alkyl halides is 3. The third kappa shape index (κ3) is 7.33. The summed E-state index contributed by atoms with van der Waals surface area (Å²) >= 11 is 6.40. The molecule has 1 aromatic rings. The predicted octanol–water partition coefficient (Wildman–Crippen LogP) is 6.11. The first-order valence-corrected chi connectivity index (χ1v) is 11.0. The van der Waals surface area contributed by atoms with Crippen LogP contribution in [0.2, 0.25) is 0 Å². The van der Waals surface area contributed by atoms with Gasteiger partial charge in [-0.25, -0.2) is 0 Å². The first-order chi connectivity index (χ1) is 15.0. The number of allylic oxidation sites excluding steroid dienone is 9. The van der Waals surface area contributed by atoms with E-state index >= 15 is 0 Å². The Morgan fingerprint density at radius 2 is 2.09 bits per heavy atom. The van der Waals surface area contributed by atoms with Crippen LogP contribution in [0.1, 0.15) is 29.4 Å². The number of aliphatic hydroxyl groups is 1. The van der Waals surface area contributed by atoms with Gasteiger partial charge in [0.25, 0.3) is 0 Å². The number of hydrogen-bond donors (Lipinski definition) is 1. The van der Waals surface area contributed by atoms with Gasteiger partial charge >= 0.3 is 18.0 Å². The summed E-state index contributed by atoms with van der Waals surface area (Å²) in [6, 6.07) is 0. The third-order valence-electron chi connectivity index (χ3n) is 4.31. The molecule has 1 aromatic heterocycles. The third-order valence-corrected chi connectivity index (χ3v) is 5.46. The number of halogens is 5. The minimum absolute atomic E-state index is 0.0904. The SMILES string of the molecule is C/C(O)=C(/Br)C=CC(/C=C/Br)c1noc(C(=O)N(C)CC2C=CC=C(C(F)(F)F)C=C2)n1. The highest BCUT2D eigenvalue weighted by Gasteiger charge is 2.32. The molecule has 0 saturated heterocycles. The number of carbonyl (C=O) groups excluding carboxylic acids is 1. The van der Waals surface area contributed by atoms with E-state index in [1.54, 1.807) is 29.3 Å². The van der Waals surface area contributed by atoms with Crippen molar-refractivity contribution in [1.82, 2.24) is 15.0 Å². The van der Waals surface area contributed by atoms with Gasteiger partial charge in [0.05, 0.1) is 16.0 Å². The van der Waals surface area contributed by atoms with Crippen LogP contribution in [0.25, 0.3) is 0 Å². The summed E-state index contributed by atoms with van der Waals surface area (Å²) in [6.07, 6.45) is 6.85. The van der Waals surface area contributed by atoms with E-state index in [1.807, 2.05) is 0 Å². The smallest absolute Gasteiger partial charge is 0.416 e. The van der Waals surface area contributed by atoms with Gasteiger partial charge in [-0.05, 0) is 33.9 Å². The summed E-state index contributed by atoms with van der Waals surface area (Å²) in [6.45, 7) is 1.64. The maximum Gasteiger partial charge on any atom is 0.416 e. The maximum absolute atomic E-state index is 12.8. The van der Waals surface area contributed by atoms with Crippen molar-refractivity contribution in [2.45, 2.75) is 19.0 Å². The monoisotopic (exact) mass is 577 g/mol. The molecule has 0 fully saturated rings. The Labute approximate surface area is 199 Å². The molecule has 1 heterocycles. The number of aromatic nitrogens is 2. The molecule has 1 aliphatic rings. The first-order valence-electron chi connectivity index (χ1n) is 9.26. The number of carbonyl (C=O) groups is 1. The lowest BCUT2D eigenvalue weighted by atomic mass is 10.1. The van der Waals surface area contributed by atoms with Crippen LogP contribution in [0.5, 0.6) is 0 Å². The van der Waals surface area contributed by atoms with E-state index in [4.69, 9.17) is 4.52 Å². The minimum atomic E-state index is -4.44. The van der Waals surface area contributed by atoms with Gasteiger partial charge < -0.3 is 14.5 Å². The Kier molecular flexibility index (Phi) is 9.26. The fraction of sp³-hybridized carbons (Fsp3) is 0.286. The van der Waals surface area contributed by atoms with Crippen LogP contribution in [0.4, 0.5) is 13.2 Å². The van der Waals surface area contributed by atoms with Gasteiger partial charge in [0.15, 0.2) is 5.82 Å². The van der Waals surface area contributed by atoms with E-state index in [2.05, 4.69) is 42.0 Å². The summed E-state index contributed by atoms with van der Waals surface area (Å²) in [7, 11) is 1.50. The topological polar surface area (TPSA) is 79.5 Å². The summed E-state index contributed by atoms with van der Waals surface area (Å²) < 4.78 is 44.1. The molecule has 2 rings (SSSR count). The number of hydrogen-bond acceptors (Lipinski definition) is 5. The van der Waals surface area contributed by atoms with E-state index in [1.165, 1.54) is 31.0 Å². The van der Waals surface area contributed by atoms with Crippen LogP contribution in [0.15, 0.2) is 73.9 Å². The van der Waals surface area contributed by atoms with Crippen molar-refractivity contribution in [2.24, 2.45) is 5.92 Å². The van der Waals surface area contributed by atoms with Crippen LogP contribution >= 0.6 is 31.9 Å². The molecule has 0 aliphatic heterocycles. The van der Waals surface area contributed by atoms with Gasteiger partial charge in [-0.15, -0.1) is 0 Å². The van der Waals surface area contributed by atoms with Crippen LogP contribution in [0.3, 0.4) is 0 Å². The lowest BCUT2D eigenvalue weighted by Crippen LogP contribution is -2.31. The molecule has 2 unspecified atom stereocenters. The Morgan fingerprint density at radius 1 is 1.38 bits per heavy atom. The zero-order valence-corrected chi connectivity index (χ0v) is 20.2. The van der Waals surface area contributed by atoms with Crippen LogP contribution in [0, 0.1) is 5.92 Å². The fourth-order valence-electron chi connectivity index (χ4n) is 2.60. The van der Waals surface area contributed by atoms with Crippen molar-refractivity contribution in [2.75, 3.05) is 13.6 Å². The largest absolute Gasteiger partial charge is 0.511 e. The highest BCUT2D eigenvalue weighted by molar-refractivity contribution is 9.12. The Morgan fingerprint density at radius 3 is 2.72 bits per heavy atom. The molecule has 1 amide bonds. The molecule has 2 atom stereocenters. The zero-order valence-electron chi connectivity index (χ0n) is 17.1.